The standard InChI is InChI=1S/C15H25N.C2H4N2.H2/c1-12(2)13-6-8-14(9-7-13)15(3,4)10-11-16-5;1-2-4-3;/h6-9,12,16H,10-11H2,1-5H3;2-3H,1H2;1H. The van der Waals surface area contributed by atoms with Gasteiger partial charge in [-0.3, -0.25) is 0 Å². The van der Waals surface area contributed by atoms with Crippen molar-refractivity contribution in [2.24, 2.45) is 5.11 Å². The number of nitrogens with zero attached hydrogens (tertiary/aromatic N) is 1. The van der Waals surface area contributed by atoms with Crippen LogP contribution in [-0.4, -0.2) is 13.6 Å². The molecule has 114 valence electrons. The number of hydrogen-bond acceptors (Lipinski definition) is 3. The average molecular weight is 277 g/mol. The van der Waals surface area contributed by atoms with Crippen LogP contribution in [0.25, 0.3) is 0 Å². The molecule has 3 heteroatoms. The Morgan fingerprint density at radius 3 is 2.20 bits per heavy atom. The molecule has 1 aromatic carbocycles. The lowest BCUT2D eigenvalue weighted by Gasteiger charge is -2.25. The topological polar surface area (TPSA) is 48.2 Å². The lowest BCUT2D eigenvalue weighted by molar-refractivity contribution is 0.468. The third-order valence-corrected chi connectivity index (χ3v) is 3.45. The van der Waals surface area contributed by atoms with Gasteiger partial charge < -0.3 is 5.32 Å². The maximum absolute atomic E-state index is 5.96. The maximum atomic E-state index is 5.96. The van der Waals surface area contributed by atoms with Gasteiger partial charge in [0, 0.05) is 7.63 Å². The first-order valence-electron chi connectivity index (χ1n) is 7.11. The van der Waals surface area contributed by atoms with Gasteiger partial charge in [0.05, 0.1) is 0 Å². The number of nitrogens with one attached hydrogen (secondary N) is 2. The van der Waals surface area contributed by atoms with Crippen LogP contribution >= 0.6 is 0 Å². The summed E-state index contributed by atoms with van der Waals surface area (Å²) in [5.74, 6) is 0.620. The summed E-state index contributed by atoms with van der Waals surface area (Å²) in [5, 5.41) is 5.97. The number of hydrogen-bond donors (Lipinski definition) is 2. The summed E-state index contributed by atoms with van der Waals surface area (Å²) in [6.07, 6.45) is 2.34. The molecular weight excluding hydrogens is 246 g/mol. The van der Waals surface area contributed by atoms with Crippen LogP contribution in [0.5, 0.6) is 0 Å². The Bertz CT molecular complexity index is 391. The van der Waals surface area contributed by atoms with E-state index in [4.69, 9.17) is 5.53 Å². The predicted molar refractivity (Wildman–Crippen MR) is 89.6 cm³/mol. The molecule has 0 atom stereocenters. The molecule has 0 aliphatic heterocycles. The first-order valence-corrected chi connectivity index (χ1v) is 7.11. The van der Waals surface area contributed by atoms with E-state index < -0.39 is 0 Å². The lowest BCUT2D eigenvalue weighted by Crippen LogP contribution is -2.23. The van der Waals surface area contributed by atoms with Crippen molar-refractivity contribution in [1.29, 1.82) is 5.53 Å². The second-order valence-corrected chi connectivity index (χ2v) is 5.83. The monoisotopic (exact) mass is 277 g/mol. The fourth-order valence-corrected chi connectivity index (χ4v) is 1.90. The van der Waals surface area contributed by atoms with E-state index in [1.165, 1.54) is 23.7 Å². The Morgan fingerprint density at radius 2 is 1.85 bits per heavy atom. The van der Waals surface area contributed by atoms with E-state index in [9.17, 15) is 0 Å². The molecule has 0 heterocycles. The Hall–Kier alpha value is -1.48. The summed E-state index contributed by atoms with van der Waals surface area (Å²) >= 11 is 0. The molecule has 0 fully saturated rings. The summed E-state index contributed by atoms with van der Waals surface area (Å²) in [6.45, 7) is 13.3. The van der Waals surface area contributed by atoms with E-state index in [1.807, 2.05) is 7.05 Å². The highest BCUT2D eigenvalue weighted by molar-refractivity contribution is 5.29. The lowest BCUT2D eigenvalue weighted by atomic mass is 9.81. The average Bonchev–Trinajstić information content (AvgIpc) is 2.45. The minimum absolute atomic E-state index is 0. The quantitative estimate of drug-likeness (QED) is 0.698. The van der Waals surface area contributed by atoms with Crippen LogP contribution in [0, 0.1) is 5.53 Å². The van der Waals surface area contributed by atoms with Crippen molar-refractivity contribution in [1.82, 2.24) is 5.32 Å². The highest BCUT2D eigenvalue weighted by atomic mass is 14.9. The van der Waals surface area contributed by atoms with Crippen LogP contribution in [0.3, 0.4) is 0 Å². The number of rotatable bonds is 6. The molecule has 0 aliphatic carbocycles. The third kappa shape index (κ3) is 6.62. The molecule has 0 amide bonds. The zero-order valence-electron chi connectivity index (χ0n) is 13.5. The van der Waals surface area contributed by atoms with Gasteiger partial charge in [-0.1, -0.05) is 58.5 Å². The third-order valence-electron chi connectivity index (χ3n) is 3.45. The largest absolute Gasteiger partial charge is 0.320 e. The van der Waals surface area contributed by atoms with Crippen LogP contribution in [0.2, 0.25) is 0 Å². The van der Waals surface area contributed by atoms with Gasteiger partial charge in [0.15, 0.2) is 0 Å². The summed E-state index contributed by atoms with van der Waals surface area (Å²) in [5.41, 5.74) is 9.08. The summed E-state index contributed by atoms with van der Waals surface area (Å²) in [6, 6.07) is 9.10. The van der Waals surface area contributed by atoms with Gasteiger partial charge in [-0.05, 0) is 42.5 Å². The van der Waals surface area contributed by atoms with Gasteiger partial charge in [0.2, 0.25) is 0 Å². The van der Waals surface area contributed by atoms with E-state index in [0.29, 0.717) is 5.92 Å². The first-order chi connectivity index (χ1) is 9.38. The summed E-state index contributed by atoms with van der Waals surface area (Å²) in [4.78, 5) is 0. The van der Waals surface area contributed by atoms with Crippen LogP contribution in [0.1, 0.15) is 52.6 Å². The normalized spacial score (nSPS) is 10.7. The van der Waals surface area contributed by atoms with Gasteiger partial charge in [0.1, 0.15) is 0 Å². The van der Waals surface area contributed by atoms with E-state index in [2.05, 4.69) is 69.0 Å². The van der Waals surface area contributed by atoms with Crippen LogP contribution in [0.4, 0.5) is 0 Å². The fourth-order valence-electron chi connectivity index (χ4n) is 1.90. The van der Waals surface area contributed by atoms with Crippen LogP contribution < -0.4 is 5.32 Å². The molecule has 0 saturated heterocycles. The molecule has 0 saturated carbocycles. The second-order valence-electron chi connectivity index (χ2n) is 5.83. The van der Waals surface area contributed by atoms with Gasteiger partial charge in [-0.25, -0.2) is 5.53 Å². The van der Waals surface area contributed by atoms with Crippen LogP contribution in [0.15, 0.2) is 42.2 Å². The summed E-state index contributed by atoms with van der Waals surface area (Å²) < 4.78 is 0. The fraction of sp³-hybridized carbons (Fsp3) is 0.529. The first kappa shape index (κ1) is 18.5. The van der Waals surface area contributed by atoms with Crippen molar-refractivity contribution in [2.45, 2.75) is 45.4 Å². The Labute approximate surface area is 125 Å². The zero-order chi connectivity index (χ0) is 15.6. The Morgan fingerprint density at radius 1 is 1.35 bits per heavy atom. The minimum atomic E-state index is 0. The van der Waals surface area contributed by atoms with Crippen LogP contribution in [-0.2, 0) is 5.41 Å². The molecule has 0 aromatic heterocycles. The van der Waals surface area contributed by atoms with Gasteiger partial charge in [-0.2, -0.15) is 5.11 Å². The van der Waals surface area contributed by atoms with Crippen molar-refractivity contribution in [2.75, 3.05) is 13.6 Å². The van der Waals surface area contributed by atoms with E-state index in [1.54, 1.807) is 0 Å². The highest BCUT2D eigenvalue weighted by Crippen LogP contribution is 2.27. The minimum Gasteiger partial charge on any atom is -0.320 e. The Balaban J connectivity index is 0. The van der Waals surface area contributed by atoms with Crippen molar-refractivity contribution < 1.29 is 1.43 Å². The molecule has 0 spiro atoms. The molecule has 0 radical (unpaired) electrons. The number of benzene rings is 1. The van der Waals surface area contributed by atoms with Gasteiger partial charge in [-0.15, -0.1) is 0 Å². The molecule has 0 unspecified atom stereocenters. The van der Waals surface area contributed by atoms with Crippen molar-refractivity contribution in [3.63, 3.8) is 0 Å². The van der Waals surface area contributed by atoms with Crippen molar-refractivity contribution in [3.05, 3.63) is 48.2 Å². The molecule has 2 N–H and O–H groups in total. The highest BCUT2D eigenvalue weighted by Gasteiger charge is 2.19. The van der Waals surface area contributed by atoms with Crippen molar-refractivity contribution in [3.8, 4) is 0 Å². The molecule has 1 aromatic rings. The SMILES string of the molecule is C=CN=N.CNCCC(C)(C)c1ccc(C(C)C)cc1.[HH]. The van der Waals surface area contributed by atoms with E-state index in [0.717, 1.165) is 6.54 Å². The van der Waals surface area contributed by atoms with Gasteiger partial charge >= 0.3 is 0 Å². The molecule has 20 heavy (non-hydrogen) atoms. The second kappa shape index (κ2) is 9.43. The van der Waals surface area contributed by atoms with E-state index in [-0.39, 0.29) is 6.84 Å². The molecule has 0 aliphatic rings. The van der Waals surface area contributed by atoms with Gasteiger partial charge in [0.25, 0.3) is 0 Å². The molecule has 1 rings (SSSR count). The van der Waals surface area contributed by atoms with E-state index >= 15 is 0 Å². The molecular formula is C17H31N3. The van der Waals surface area contributed by atoms with Crippen molar-refractivity contribution >= 4 is 0 Å². The molecule has 3 nitrogen and oxygen atoms in total. The maximum Gasteiger partial charge on any atom is 0.0416 e. The zero-order valence-corrected chi connectivity index (χ0v) is 13.5. The predicted octanol–water partition coefficient (Wildman–Crippen LogP) is 5.10. The summed E-state index contributed by atoms with van der Waals surface area (Å²) in [7, 11) is 2.01. The Kier molecular flexibility index (Phi) is 8.73. The molecule has 0 bridgehead atoms. The smallest absolute Gasteiger partial charge is 0.0416 e.